The van der Waals surface area contributed by atoms with Crippen LogP contribution in [0.5, 0.6) is 0 Å². The van der Waals surface area contributed by atoms with Gasteiger partial charge in [0.1, 0.15) is 5.82 Å². The molecule has 1 atom stereocenters. The van der Waals surface area contributed by atoms with Gasteiger partial charge in [-0.15, -0.1) is 0 Å². The molecule has 5 aromatic rings. The lowest BCUT2D eigenvalue weighted by Gasteiger charge is -2.23. The molecule has 2 N–H and O–H groups in total. The monoisotopic (exact) mass is 482 g/mol. The number of aromatic amines is 1. The van der Waals surface area contributed by atoms with Gasteiger partial charge in [0, 0.05) is 35.4 Å². The topological polar surface area (TPSA) is 80.7 Å². The van der Waals surface area contributed by atoms with E-state index in [0.29, 0.717) is 18.1 Å². The summed E-state index contributed by atoms with van der Waals surface area (Å²) < 4.78 is 22.1. The zero-order valence-corrected chi connectivity index (χ0v) is 20.0. The molecule has 0 spiro atoms. The third kappa shape index (κ3) is 4.35. The van der Waals surface area contributed by atoms with Crippen molar-refractivity contribution in [1.82, 2.24) is 24.7 Å². The minimum absolute atomic E-state index is 0.0197. The highest BCUT2D eigenvalue weighted by atomic mass is 19.1. The van der Waals surface area contributed by atoms with Gasteiger partial charge in [0.05, 0.1) is 28.8 Å². The lowest BCUT2D eigenvalue weighted by atomic mass is 10.1. The zero-order valence-electron chi connectivity index (χ0n) is 20.0. The first-order valence-corrected chi connectivity index (χ1v) is 12.3. The number of benzene rings is 2. The van der Waals surface area contributed by atoms with Crippen LogP contribution in [-0.4, -0.2) is 31.3 Å². The van der Waals surface area contributed by atoms with Crippen molar-refractivity contribution < 1.29 is 9.13 Å². The van der Waals surface area contributed by atoms with Crippen molar-refractivity contribution in [2.24, 2.45) is 0 Å². The molecule has 36 heavy (non-hydrogen) atoms. The summed E-state index contributed by atoms with van der Waals surface area (Å²) in [7, 11) is 0. The predicted molar refractivity (Wildman–Crippen MR) is 138 cm³/mol. The van der Waals surface area contributed by atoms with Crippen LogP contribution in [0, 0.1) is 12.7 Å². The average Bonchev–Trinajstić information content (AvgIpc) is 3.53. The summed E-state index contributed by atoms with van der Waals surface area (Å²) in [6, 6.07) is 18.9. The maximum atomic E-state index is 14.1. The molecule has 1 aliphatic heterocycles. The number of rotatable bonds is 6. The fourth-order valence-electron chi connectivity index (χ4n) is 4.70. The van der Waals surface area contributed by atoms with E-state index < -0.39 is 0 Å². The Morgan fingerprint density at radius 3 is 2.83 bits per heavy atom. The number of H-pyrrole nitrogens is 1. The van der Waals surface area contributed by atoms with Gasteiger partial charge in [-0.25, -0.2) is 14.1 Å². The van der Waals surface area contributed by atoms with Gasteiger partial charge in [-0.05, 0) is 56.5 Å². The van der Waals surface area contributed by atoms with Crippen LogP contribution in [0.25, 0.3) is 33.5 Å². The SMILES string of the molecule is Cc1cccc(-c2[nH]c(NCc3ccccc3F)nc2-c2ccc3c(cnn3C3CCCCO3)c2)n1. The Morgan fingerprint density at radius 1 is 1.08 bits per heavy atom. The summed E-state index contributed by atoms with van der Waals surface area (Å²) in [6.07, 6.45) is 5.08. The number of aromatic nitrogens is 5. The lowest BCUT2D eigenvalue weighted by molar-refractivity contribution is -0.0366. The molecule has 1 aliphatic rings. The standard InChI is InChI=1S/C28H27FN6O/c1-18-7-6-10-23(32-18)27-26(33-28(34-27)30-16-20-8-2-3-9-22(20)29)19-12-13-24-21(15-19)17-31-35(24)25-11-4-5-14-36-25/h2-3,6-10,12-13,15,17,25H,4-5,11,14,16H2,1H3,(H2,30,33,34). The Bertz CT molecular complexity index is 1520. The molecule has 0 amide bonds. The van der Waals surface area contributed by atoms with E-state index in [1.165, 1.54) is 6.07 Å². The van der Waals surface area contributed by atoms with Crippen molar-refractivity contribution in [1.29, 1.82) is 0 Å². The number of hydrogen-bond donors (Lipinski definition) is 2. The maximum absolute atomic E-state index is 14.1. The summed E-state index contributed by atoms with van der Waals surface area (Å²) in [6.45, 7) is 3.05. The first-order chi connectivity index (χ1) is 17.7. The maximum Gasteiger partial charge on any atom is 0.201 e. The third-order valence-corrected chi connectivity index (χ3v) is 6.55. The number of aryl methyl sites for hydroxylation is 1. The lowest BCUT2D eigenvalue weighted by Crippen LogP contribution is -2.18. The highest BCUT2D eigenvalue weighted by Gasteiger charge is 2.20. The van der Waals surface area contributed by atoms with Crippen LogP contribution < -0.4 is 5.32 Å². The van der Waals surface area contributed by atoms with E-state index in [-0.39, 0.29) is 12.0 Å². The second kappa shape index (κ2) is 9.54. The fraction of sp³-hybridized carbons (Fsp3) is 0.250. The van der Waals surface area contributed by atoms with Gasteiger partial charge >= 0.3 is 0 Å². The van der Waals surface area contributed by atoms with Crippen molar-refractivity contribution in [2.45, 2.75) is 39.0 Å². The van der Waals surface area contributed by atoms with Gasteiger partial charge in [-0.2, -0.15) is 5.10 Å². The summed E-state index contributed by atoms with van der Waals surface area (Å²) in [5.74, 6) is 0.305. The van der Waals surface area contributed by atoms with Crippen molar-refractivity contribution in [2.75, 3.05) is 11.9 Å². The smallest absolute Gasteiger partial charge is 0.201 e. The number of hydrogen-bond acceptors (Lipinski definition) is 5. The summed E-state index contributed by atoms with van der Waals surface area (Å²) in [5.41, 5.74) is 5.84. The van der Waals surface area contributed by atoms with Gasteiger partial charge < -0.3 is 15.0 Å². The molecule has 0 bridgehead atoms. The molecular weight excluding hydrogens is 455 g/mol. The Balaban J connectivity index is 1.37. The zero-order chi connectivity index (χ0) is 24.5. The summed E-state index contributed by atoms with van der Waals surface area (Å²) >= 11 is 0. The molecule has 2 aromatic carbocycles. The molecule has 1 unspecified atom stereocenters. The number of nitrogens with zero attached hydrogens (tertiary/aromatic N) is 4. The first-order valence-electron chi connectivity index (χ1n) is 12.3. The van der Waals surface area contributed by atoms with Crippen LogP contribution >= 0.6 is 0 Å². The van der Waals surface area contributed by atoms with Crippen LogP contribution in [0.3, 0.4) is 0 Å². The van der Waals surface area contributed by atoms with Gasteiger partial charge in [0.15, 0.2) is 6.23 Å². The molecule has 182 valence electrons. The normalized spacial score (nSPS) is 15.9. The fourth-order valence-corrected chi connectivity index (χ4v) is 4.70. The molecular formula is C28H27FN6O. The van der Waals surface area contributed by atoms with E-state index in [9.17, 15) is 4.39 Å². The number of anilines is 1. The van der Waals surface area contributed by atoms with E-state index in [2.05, 4.69) is 33.6 Å². The second-order valence-corrected chi connectivity index (χ2v) is 9.10. The molecule has 0 saturated carbocycles. The van der Waals surface area contributed by atoms with Crippen LogP contribution in [0.15, 0.2) is 66.9 Å². The molecule has 0 radical (unpaired) electrons. The number of imidazole rings is 1. The van der Waals surface area contributed by atoms with Gasteiger partial charge in [-0.3, -0.25) is 4.98 Å². The molecule has 0 aliphatic carbocycles. The van der Waals surface area contributed by atoms with Crippen molar-refractivity contribution in [3.63, 3.8) is 0 Å². The minimum atomic E-state index is -0.248. The molecule has 6 rings (SSSR count). The van der Waals surface area contributed by atoms with Crippen LogP contribution in [0.1, 0.15) is 36.7 Å². The van der Waals surface area contributed by atoms with Gasteiger partial charge in [0.25, 0.3) is 0 Å². The van der Waals surface area contributed by atoms with E-state index >= 15 is 0 Å². The number of ether oxygens (including phenoxy) is 1. The highest BCUT2D eigenvalue weighted by Crippen LogP contribution is 2.34. The van der Waals surface area contributed by atoms with E-state index in [0.717, 1.165) is 65.1 Å². The Labute approximate surface area is 208 Å². The van der Waals surface area contributed by atoms with Crippen molar-refractivity contribution in [3.8, 4) is 22.6 Å². The Kier molecular flexibility index (Phi) is 5.95. The second-order valence-electron chi connectivity index (χ2n) is 9.10. The number of nitrogens with one attached hydrogen (secondary N) is 2. The van der Waals surface area contributed by atoms with Gasteiger partial charge in [-0.1, -0.05) is 30.3 Å². The highest BCUT2D eigenvalue weighted by molar-refractivity contribution is 5.87. The number of pyridine rings is 1. The van der Waals surface area contributed by atoms with E-state index in [1.807, 2.05) is 42.1 Å². The van der Waals surface area contributed by atoms with Crippen LogP contribution in [0.4, 0.5) is 10.3 Å². The molecule has 8 heteroatoms. The first kappa shape index (κ1) is 22.4. The van der Waals surface area contributed by atoms with Crippen LogP contribution in [0.2, 0.25) is 0 Å². The van der Waals surface area contributed by atoms with Crippen LogP contribution in [-0.2, 0) is 11.3 Å². The number of halogens is 1. The molecule has 4 heterocycles. The Morgan fingerprint density at radius 2 is 2.00 bits per heavy atom. The molecule has 7 nitrogen and oxygen atoms in total. The quantitative estimate of drug-likeness (QED) is 0.299. The van der Waals surface area contributed by atoms with E-state index in [1.54, 1.807) is 12.1 Å². The summed E-state index contributed by atoms with van der Waals surface area (Å²) in [5, 5.41) is 8.88. The van der Waals surface area contributed by atoms with Gasteiger partial charge in [0.2, 0.25) is 5.95 Å². The van der Waals surface area contributed by atoms with E-state index in [4.69, 9.17) is 14.7 Å². The largest absolute Gasteiger partial charge is 0.356 e. The predicted octanol–water partition coefficient (Wildman–Crippen LogP) is 6.25. The Hall–Kier alpha value is -4.04. The minimum Gasteiger partial charge on any atom is -0.356 e. The molecule has 1 saturated heterocycles. The average molecular weight is 483 g/mol. The third-order valence-electron chi connectivity index (χ3n) is 6.55. The molecule has 1 fully saturated rings. The number of fused-ring (bicyclic) bond motifs is 1. The van der Waals surface area contributed by atoms with Crippen molar-refractivity contribution in [3.05, 3.63) is 83.9 Å². The van der Waals surface area contributed by atoms with Crippen molar-refractivity contribution >= 4 is 16.9 Å². The molecule has 3 aromatic heterocycles. The summed E-state index contributed by atoms with van der Waals surface area (Å²) in [4.78, 5) is 12.9.